The molecule has 0 spiro atoms. The zero-order chi connectivity index (χ0) is 20.0. The van der Waals surface area contributed by atoms with E-state index in [0.717, 1.165) is 10.9 Å². The van der Waals surface area contributed by atoms with Crippen LogP contribution in [0.5, 0.6) is 5.88 Å². The normalized spacial score (nSPS) is 12.4. The number of hydrogen-bond donors (Lipinski definition) is 2. The van der Waals surface area contributed by atoms with E-state index in [1.807, 2.05) is 0 Å². The van der Waals surface area contributed by atoms with Crippen molar-refractivity contribution in [1.29, 1.82) is 0 Å². The number of carboxylic acid groups (broad SMARTS) is 1. The Morgan fingerprint density at radius 1 is 1.25 bits per heavy atom. The summed E-state index contributed by atoms with van der Waals surface area (Å²) < 4.78 is 16.9. The van der Waals surface area contributed by atoms with E-state index < -0.39 is 23.7 Å². The molecule has 0 saturated carbocycles. The van der Waals surface area contributed by atoms with Crippen LogP contribution in [0.15, 0.2) is 36.8 Å². The van der Waals surface area contributed by atoms with E-state index in [1.54, 1.807) is 19.1 Å². The molecule has 9 nitrogen and oxygen atoms in total. The standard InChI is InChI=1S/C17H12ClFN6O3/c1-8(10-3-2-4-11(18)13(10)19)25-14-12(6-21-25)22-17(23-15(14)26)24-7-9(5-20-24)16(27)28/h2-8H,1H3,(H,27,28)(H,22,23,26)/t8-/m0/s1. The zero-order valence-electron chi connectivity index (χ0n) is 14.3. The number of nitrogens with zero attached hydrogens (tertiary/aromatic N) is 6. The van der Waals surface area contributed by atoms with Crippen molar-refractivity contribution in [3.8, 4) is 11.8 Å². The van der Waals surface area contributed by atoms with Gasteiger partial charge in [0.05, 0.1) is 29.0 Å². The molecule has 0 bridgehead atoms. The molecule has 0 aliphatic carbocycles. The summed E-state index contributed by atoms with van der Waals surface area (Å²) in [7, 11) is 0. The molecule has 142 valence electrons. The number of hydrogen-bond acceptors (Lipinski definition) is 6. The Bertz CT molecular complexity index is 1220. The molecule has 1 atom stereocenters. The number of aromatic carboxylic acids is 1. The van der Waals surface area contributed by atoms with Crippen molar-refractivity contribution in [2.24, 2.45) is 0 Å². The fourth-order valence-corrected chi connectivity index (χ4v) is 3.03. The number of aromatic nitrogens is 6. The average molecular weight is 403 g/mol. The summed E-state index contributed by atoms with van der Waals surface area (Å²) in [5.74, 6) is -2.16. The highest BCUT2D eigenvalue weighted by Crippen LogP contribution is 2.30. The number of aromatic hydroxyl groups is 1. The zero-order valence-corrected chi connectivity index (χ0v) is 15.0. The first-order valence-corrected chi connectivity index (χ1v) is 8.41. The minimum Gasteiger partial charge on any atom is -0.492 e. The largest absolute Gasteiger partial charge is 0.492 e. The topological polar surface area (TPSA) is 119 Å². The van der Waals surface area contributed by atoms with Gasteiger partial charge in [0.15, 0.2) is 0 Å². The predicted octanol–water partition coefficient (Wildman–Crippen LogP) is 2.82. The van der Waals surface area contributed by atoms with Crippen LogP contribution in [-0.4, -0.2) is 45.7 Å². The molecule has 3 heterocycles. The molecule has 0 aliphatic heterocycles. The van der Waals surface area contributed by atoms with Crippen molar-refractivity contribution in [3.63, 3.8) is 0 Å². The third-order valence-corrected chi connectivity index (χ3v) is 4.54. The summed E-state index contributed by atoms with van der Waals surface area (Å²) in [6, 6.07) is 4.04. The first kappa shape index (κ1) is 17.9. The summed E-state index contributed by atoms with van der Waals surface area (Å²) in [6.07, 6.45) is 3.75. The van der Waals surface area contributed by atoms with E-state index in [9.17, 15) is 14.3 Å². The molecule has 28 heavy (non-hydrogen) atoms. The summed E-state index contributed by atoms with van der Waals surface area (Å²) >= 11 is 5.85. The van der Waals surface area contributed by atoms with Gasteiger partial charge < -0.3 is 10.2 Å². The Hall–Kier alpha value is -3.53. The van der Waals surface area contributed by atoms with Gasteiger partial charge in [-0.1, -0.05) is 23.7 Å². The van der Waals surface area contributed by atoms with Gasteiger partial charge >= 0.3 is 5.97 Å². The van der Waals surface area contributed by atoms with Gasteiger partial charge in [-0.05, 0) is 13.0 Å². The lowest BCUT2D eigenvalue weighted by Gasteiger charge is -2.15. The smallest absolute Gasteiger partial charge is 0.338 e. The van der Waals surface area contributed by atoms with Crippen molar-refractivity contribution in [3.05, 3.63) is 58.8 Å². The van der Waals surface area contributed by atoms with E-state index in [2.05, 4.69) is 20.2 Å². The Balaban J connectivity index is 1.80. The monoisotopic (exact) mass is 402 g/mol. The summed E-state index contributed by atoms with van der Waals surface area (Å²) in [4.78, 5) is 19.2. The number of carbonyl (C=O) groups is 1. The second-order valence-electron chi connectivity index (χ2n) is 5.97. The third kappa shape index (κ3) is 2.83. The molecule has 4 rings (SSSR count). The van der Waals surface area contributed by atoms with Crippen LogP contribution in [0.3, 0.4) is 0 Å². The maximum Gasteiger partial charge on any atom is 0.338 e. The van der Waals surface area contributed by atoms with Crippen LogP contribution in [0.4, 0.5) is 4.39 Å². The SMILES string of the molecule is C[C@@H](c1cccc(Cl)c1F)n1ncc2nc(-n3cc(C(=O)O)cn3)nc(O)c21. The van der Waals surface area contributed by atoms with Gasteiger partial charge in [0.1, 0.15) is 16.9 Å². The molecule has 0 unspecified atom stereocenters. The van der Waals surface area contributed by atoms with Crippen LogP contribution in [0.2, 0.25) is 5.02 Å². The lowest BCUT2D eigenvalue weighted by molar-refractivity contribution is 0.0697. The van der Waals surface area contributed by atoms with Gasteiger partial charge in [0, 0.05) is 11.8 Å². The molecule has 0 fully saturated rings. The summed E-state index contributed by atoms with van der Waals surface area (Å²) in [5, 5.41) is 27.5. The fraction of sp³-hybridized carbons (Fsp3) is 0.118. The van der Waals surface area contributed by atoms with Crippen LogP contribution in [0, 0.1) is 5.82 Å². The van der Waals surface area contributed by atoms with E-state index in [0.29, 0.717) is 5.56 Å². The maximum atomic E-state index is 14.4. The molecule has 11 heteroatoms. The van der Waals surface area contributed by atoms with Gasteiger partial charge in [0.25, 0.3) is 5.95 Å². The highest BCUT2D eigenvalue weighted by Gasteiger charge is 2.21. The second kappa shape index (κ2) is 6.57. The van der Waals surface area contributed by atoms with Crippen molar-refractivity contribution < 1.29 is 19.4 Å². The van der Waals surface area contributed by atoms with Crippen molar-refractivity contribution >= 4 is 28.6 Å². The molecule has 3 aromatic heterocycles. The molecule has 2 N–H and O–H groups in total. The van der Waals surface area contributed by atoms with Crippen LogP contribution in [-0.2, 0) is 0 Å². The van der Waals surface area contributed by atoms with Gasteiger partial charge in [-0.25, -0.2) is 18.9 Å². The minimum absolute atomic E-state index is 0.0171. The molecule has 0 saturated heterocycles. The van der Waals surface area contributed by atoms with E-state index in [-0.39, 0.29) is 27.6 Å². The van der Waals surface area contributed by atoms with Crippen molar-refractivity contribution in [2.45, 2.75) is 13.0 Å². The first-order chi connectivity index (χ1) is 13.4. The Morgan fingerprint density at radius 2 is 2.04 bits per heavy atom. The number of carboxylic acids is 1. The van der Waals surface area contributed by atoms with Gasteiger partial charge in [-0.3, -0.25) is 4.68 Å². The van der Waals surface area contributed by atoms with E-state index >= 15 is 0 Å². The Kier molecular flexibility index (Phi) is 4.19. The maximum absolute atomic E-state index is 14.4. The van der Waals surface area contributed by atoms with Crippen LogP contribution in [0.25, 0.3) is 17.0 Å². The van der Waals surface area contributed by atoms with Crippen LogP contribution < -0.4 is 0 Å². The molecule has 0 amide bonds. The molecule has 4 aromatic rings. The first-order valence-electron chi connectivity index (χ1n) is 8.03. The quantitative estimate of drug-likeness (QED) is 0.538. The highest BCUT2D eigenvalue weighted by molar-refractivity contribution is 6.30. The summed E-state index contributed by atoms with van der Waals surface area (Å²) in [6.45, 7) is 1.70. The fourth-order valence-electron chi connectivity index (χ4n) is 2.85. The van der Waals surface area contributed by atoms with Gasteiger partial charge in [-0.2, -0.15) is 15.2 Å². The average Bonchev–Trinajstić information content (AvgIpc) is 3.30. The van der Waals surface area contributed by atoms with Gasteiger partial charge in [0.2, 0.25) is 5.88 Å². The lowest BCUT2D eigenvalue weighted by Crippen LogP contribution is -2.11. The highest BCUT2D eigenvalue weighted by atomic mass is 35.5. The number of fused-ring (bicyclic) bond motifs is 1. The molecule has 0 radical (unpaired) electrons. The number of rotatable bonds is 4. The van der Waals surface area contributed by atoms with E-state index in [1.165, 1.54) is 23.1 Å². The molecular weight excluding hydrogens is 391 g/mol. The molecule has 1 aromatic carbocycles. The van der Waals surface area contributed by atoms with Crippen LogP contribution >= 0.6 is 11.6 Å². The summed E-state index contributed by atoms with van der Waals surface area (Å²) in [5.41, 5.74) is 0.716. The predicted molar refractivity (Wildman–Crippen MR) is 96.3 cm³/mol. The minimum atomic E-state index is -1.15. The molecule has 0 aliphatic rings. The third-order valence-electron chi connectivity index (χ3n) is 4.25. The molecular formula is C17H12ClFN6O3. The lowest BCUT2D eigenvalue weighted by atomic mass is 10.1. The van der Waals surface area contributed by atoms with Crippen LogP contribution in [0.1, 0.15) is 28.9 Å². The van der Waals surface area contributed by atoms with Crippen molar-refractivity contribution in [1.82, 2.24) is 29.5 Å². The second-order valence-corrected chi connectivity index (χ2v) is 6.38. The number of benzene rings is 1. The van der Waals surface area contributed by atoms with Gasteiger partial charge in [-0.15, -0.1) is 0 Å². The number of halogens is 2. The Labute approximate surface area is 161 Å². The van der Waals surface area contributed by atoms with E-state index in [4.69, 9.17) is 16.7 Å². The Morgan fingerprint density at radius 3 is 2.75 bits per heavy atom. The van der Waals surface area contributed by atoms with Crippen molar-refractivity contribution in [2.75, 3.05) is 0 Å².